The van der Waals surface area contributed by atoms with Crippen molar-refractivity contribution < 1.29 is 18.7 Å². The number of carbonyl (C=O) groups is 1. The molecular formula is C24H25NO4. The number of benzene rings is 2. The monoisotopic (exact) mass is 391 g/mol. The molecule has 0 fully saturated rings. The Morgan fingerprint density at radius 3 is 2.41 bits per heavy atom. The number of ether oxygens (including phenoxy) is 2. The Bertz CT molecular complexity index is 962. The lowest BCUT2D eigenvalue weighted by atomic mass is 10.0. The van der Waals surface area contributed by atoms with Crippen LogP contribution < -0.4 is 14.8 Å². The van der Waals surface area contributed by atoms with Crippen molar-refractivity contribution in [2.45, 2.75) is 19.4 Å². The van der Waals surface area contributed by atoms with E-state index >= 15 is 0 Å². The van der Waals surface area contributed by atoms with E-state index in [0.717, 1.165) is 17.5 Å². The van der Waals surface area contributed by atoms with Gasteiger partial charge in [0.05, 0.1) is 32.1 Å². The van der Waals surface area contributed by atoms with E-state index < -0.39 is 0 Å². The fourth-order valence-corrected chi connectivity index (χ4v) is 3.14. The molecule has 150 valence electrons. The number of hydrogen-bond acceptors (Lipinski definition) is 4. The van der Waals surface area contributed by atoms with E-state index in [1.165, 1.54) is 0 Å². The van der Waals surface area contributed by atoms with Crippen molar-refractivity contribution in [3.63, 3.8) is 0 Å². The lowest BCUT2D eigenvalue weighted by Crippen LogP contribution is -2.29. The summed E-state index contributed by atoms with van der Waals surface area (Å²) in [6.45, 7) is 2.03. The molecule has 0 saturated carbocycles. The van der Waals surface area contributed by atoms with Crippen LogP contribution in [-0.4, -0.2) is 20.1 Å². The summed E-state index contributed by atoms with van der Waals surface area (Å²) < 4.78 is 16.1. The van der Waals surface area contributed by atoms with Gasteiger partial charge in [0.1, 0.15) is 5.76 Å². The lowest BCUT2D eigenvalue weighted by molar-refractivity contribution is -0.116. The second-order valence-corrected chi connectivity index (χ2v) is 6.49. The number of amides is 1. The predicted molar refractivity (Wildman–Crippen MR) is 114 cm³/mol. The van der Waals surface area contributed by atoms with E-state index in [9.17, 15) is 4.79 Å². The summed E-state index contributed by atoms with van der Waals surface area (Å²) in [6.07, 6.45) is 4.07. The predicted octanol–water partition coefficient (Wildman–Crippen LogP) is 5.10. The highest BCUT2D eigenvalue weighted by Gasteiger charge is 2.19. The van der Waals surface area contributed by atoms with Gasteiger partial charge in [-0.3, -0.25) is 4.79 Å². The summed E-state index contributed by atoms with van der Waals surface area (Å²) in [5.74, 6) is 1.74. The normalized spacial score (nSPS) is 12.3. The first-order chi connectivity index (χ1) is 14.2. The van der Waals surface area contributed by atoms with Gasteiger partial charge < -0.3 is 19.2 Å². The van der Waals surface area contributed by atoms with Gasteiger partial charge in [-0.2, -0.15) is 0 Å². The average molecular weight is 391 g/mol. The molecule has 0 unspecified atom stereocenters. The van der Waals surface area contributed by atoms with Gasteiger partial charge in [0.2, 0.25) is 0 Å². The third-order valence-electron chi connectivity index (χ3n) is 4.68. The fraction of sp³-hybridized carbons (Fsp3) is 0.208. The van der Waals surface area contributed by atoms with Crippen molar-refractivity contribution in [2.75, 3.05) is 14.2 Å². The van der Waals surface area contributed by atoms with Gasteiger partial charge in [-0.25, -0.2) is 0 Å². The van der Waals surface area contributed by atoms with Crippen molar-refractivity contribution in [2.24, 2.45) is 0 Å². The highest BCUT2D eigenvalue weighted by Crippen LogP contribution is 2.31. The maximum absolute atomic E-state index is 13.2. The van der Waals surface area contributed by atoms with Crippen molar-refractivity contribution in [1.82, 2.24) is 5.32 Å². The van der Waals surface area contributed by atoms with Crippen LogP contribution in [0.4, 0.5) is 0 Å². The maximum atomic E-state index is 13.2. The molecule has 0 radical (unpaired) electrons. The van der Waals surface area contributed by atoms with Crippen molar-refractivity contribution in [1.29, 1.82) is 0 Å². The Hall–Kier alpha value is -3.47. The van der Waals surface area contributed by atoms with Gasteiger partial charge >= 0.3 is 0 Å². The van der Waals surface area contributed by atoms with Crippen LogP contribution in [0.3, 0.4) is 0 Å². The molecule has 5 heteroatoms. The lowest BCUT2D eigenvalue weighted by Gasteiger charge is -2.20. The second kappa shape index (κ2) is 9.64. The SMILES string of the molecule is CC[C@@H](NC(=O)/C(=C/c1ccco1)c1ccccc1)c1ccc(OC)c(OC)c1. The van der Waals surface area contributed by atoms with E-state index in [-0.39, 0.29) is 11.9 Å². The molecular weight excluding hydrogens is 366 g/mol. The fourth-order valence-electron chi connectivity index (χ4n) is 3.14. The third kappa shape index (κ3) is 4.88. The van der Waals surface area contributed by atoms with Crippen LogP contribution in [-0.2, 0) is 4.79 Å². The Labute approximate surface area is 171 Å². The Morgan fingerprint density at radius 2 is 1.79 bits per heavy atom. The molecule has 29 heavy (non-hydrogen) atoms. The molecule has 2 aromatic carbocycles. The van der Waals surface area contributed by atoms with Gasteiger partial charge in [0, 0.05) is 0 Å². The molecule has 0 bridgehead atoms. The molecule has 0 spiro atoms. The molecule has 3 aromatic rings. The molecule has 0 aliphatic heterocycles. The number of carbonyl (C=O) groups excluding carboxylic acids is 1. The van der Waals surface area contributed by atoms with Crippen molar-refractivity contribution >= 4 is 17.6 Å². The van der Waals surface area contributed by atoms with Crippen LogP contribution in [0.5, 0.6) is 11.5 Å². The zero-order valence-electron chi connectivity index (χ0n) is 16.8. The number of hydrogen-bond donors (Lipinski definition) is 1. The highest BCUT2D eigenvalue weighted by molar-refractivity contribution is 6.24. The van der Waals surface area contributed by atoms with Crippen LogP contribution in [0.2, 0.25) is 0 Å². The summed E-state index contributed by atoms with van der Waals surface area (Å²) in [4.78, 5) is 13.2. The van der Waals surface area contributed by atoms with E-state index in [0.29, 0.717) is 22.8 Å². The highest BCUT2D eigenvalue weighted by atomic mass is 16.5. The molecule has 1 heterocycles. The first-order valence-electron chi connectivity index (χ1n) is 9.49. The number of furan rings is 1. The summed E-state index contributed by atoms with van der Waals surface area (Å²) in [5.41, 5.74) is 2.31. The molecule has 1 N–H and O–H groups in total. The Morgan fingerprint density at radius 1 is 1.03 bits per heavy atom. The van der Waals surface area contributed by atoms with Gasteiger partial charge in [-0.15, -0.1) is 0 Å². The molecule has 1 aromatic heterocycles. The van der Waals surface area contributed by atoms with Crippen LogP contribution in [0.25, 0.3) is 11.6 Å². The Balaban J connectivity index is 1.90. The number of methoxy groups -OCH3 is 2. The zero-order valence-corrected chi connectivity index (χ0v) is 16.8. The minimum absolute atomic E-state index is 0.172. The summed E-state index contributed by atoms with van der Waals surface area (Å²) in [6, 6.07) is 18.7. The van der Waals surface area contributed by atoms with E-state index in [4.69, 9.17) is 13.9 Å². The van der Waals surface area contributed by atoms with E-state index in [1.54, 1.807) is 32.6 Å². The third-order valence-corrected chi connectivity index (χ3v) is 4.68. The van der Waals surface area contributed by atoms with Crippen LogP contribution in [0.1, 0.15) is 36.3 Å². The van der Waals surface area contributed by atoms with Crippen LogP contribution in [0, 0.1) is 0 Å². The first kappa shape index (κ1) is 20.3. The molecule has 0 saturated heterocycles. The van der Waals surface area contributed by atoms with E-state index in [2.05, 4.69) is 5.32 Å². The molecule has 0 aliphatic rings. The zero-order chi connectivity index (χ0) is 20.6. The molecule has 0 aliphatic carbocycles. The van der Waals surface area contributed by atoms with Crippen LogP contribution >= 0.6 is 0 Å². The molecule has 5 nitrogen and oxygen atoms in total. The van der Waals surface area contributed by atoms with E-state index in [1.807, 2.05) is 61.5 Å². The van der Waals surface area contributed by atoms with Gasteiger partial charge in [0.15, 0.2) is 11.5 Å². The standard InChI is InChI=1S/C24H25NO4/c1-4-21(18-12-13-22(27-2)23(15-18)28-3)25-24(26)20(16-19-11-8-14-29-19)17-9-6-5-7-10-17/h5-16,21H,4H2,1-3H3,(H,25,26)/b20-16+/t21-/m1/s1. The van der Waals surface area contributed by atoms with Crippen molar-refractivity contribution in [3.05, 3.63) is 83.8 Å². The minimum atomic E-state index is -0.175. The Kier molecular flexibility index (Phi) is 6.74. The number of rotatable bonds is 8. The molecule has 3 rings (SSSR count). The maximum Gasteiger partial charge on any atom is 0.252 e. The molecule has 1 amide bonds. The smallest absolute Gasteiger partial charge is 0.252 e. The second-order valence-electron chi connectivity index (χ2n) is 6.49. The number of nitrogens with one attached hydrogen (secondary N) is 1. The van der Waals surface area contributed by atoms with Gasteiger partial charge in [0.25, 0.3) is 5.91 Å². The average Bonchev–Trinajstić information content (AvgIpc) is 3.29. The first-order valence-corrected chi connectivity index (χ1v) is 9.49. The van der Waals surface area contributed by atoms with Gasteiger partial charge in [-0.05, 0) is 47.9 Å². The summed E-state index contributed by atoms with van der Waals surface area (Å²) in [7, 11) is 3.20. The summed E-state index contributed by atoms with van der Waals surface area (Å²) in [5, 5.41) is 3.14. The largest absolute Gasteiger partial charge is 0.493 e. The topological polar surface area (TPSA) is 60.7 Å². The quantitative estimate of drug-likeness (QED) is 0.543. The summed E-state index contributed by atoms with van der Waals surface area (Å²) >= 11 is 0. The van der Waals surface area contributed by atoms with Crippen molar-refractivity contribution in [3.8, 4) is 11.5 Å². The van der Waals surface area contributed by atoms with Gasteiger partial charge in [-0.1, -0.05) is 43.3 Å². The minimum Gasteiger partial charge on any atom is -0.493 e. The van der Waals surface area contributed by atoms with Crippen LogP contribution in [0.15, 0.2) is 71.3 Å². The molecule has 1 atom stereocenters.